The van der Waals surface area contributed by atoms with E-state index in [-0.39, 0.29) is 17.2 Å². The van der Waals surface area contributed by atoms with Gasteiger partial charge in [0.15, 0.2) is 5.78 Å². The van der Waals surface area contributed by atoms with Crippen LogP contribution < -0.4 is 0 Å². The lowest BCUT2D eigenvalue weighted by molar-refractivity contribution is -0.113. The van der Waals surface area contributed by atoms with Crippen molar-refractivity contribution < 1.29 is 9.90 Å². The lowest BCUT2D eigenvalue weighted by Crippen LogP contribution is -2.05. The SMILES string of the molecule is C=C(C)C(=C/C(=C\C)c1ccccc1)/C(C)=N/C(C(C)=O)=C(\C)O.CCc1cccs1. The molecule has 0 amide bonds. The standard InChI is InChI=1S/C21H25NO2.C6H8S/c1-7-18(19-11-9-8-10-12-19)13-20(14(2)3)15(4)22-21(16(5)23)17(6)24;1-2-6-4-3-5-7-6/h7-13,23H,2H2,1,3-6H3;3-5H,2H2,1H3/b18-7+,20-13-,21-16+,22-15+;. The molecule has 164 valence electrons. The molecule has 0 spiro atoms. The molecule has 1 aromatic carbocycles. The van der Waals surface area contributed by atoms with E-state index in [1.807, 2.05) is 74.6 Å². The summed E-state index contributed by atoms with van der Waals surface area (Å²) >= 11 is 1.82. The number of aliphatic hydroxyl groups excluding tert-OH is 1. The van der Waals surface area contributed by atoms with Crippen LogP contribution in [0.4, 0.5) is 0 Å². The first-order valence-electron chi connectivity index (χ1n) is 10.3. The zero-order valence-corrected chi connectivity index (χ0v) is 20.2. The van der Waals surface area contributed by atoms with E-state index in [0.29, 0.717) is 5.71 Å². The van der Waals surface area contributed by atoms with Crippen LogP contribution in [0, 0.1) is 0 Å². The summed E-state index contributed by atoms with van der Waals surface area (Å²) in [6.07, 6.45) is 5.20. The number of aryl methyl sites for hydroxylation is 1. The Morgan fingerprint density at radius 3 is 2.13 bits per heavy atom. The summed E-state index contributed by atoms with van der Waals surface area (Å²) in [5.74, 6) is -0.359. The Morgan fingerprint density at radius 2 is 1.74 bits per heavy atom. The van der Waals surface area contributed by atoms with Gasteiger partial charge in [-0.15, -0.1) is 11.3 Å². The van der Waals surface area contributed by atoms with E-state index >= 15 is 0 Å². The minimum Gasteiger partial charge on any atom is -0.510 e. The highest BCUT2D eigenvalue weighted by molar-refractivity contribution is 7.09. The molecule has 2 rings (SSSR count). The summed E-state index contributed by atoms with van der Waals surface area (Å²) in [6.45, 7) is 14.7. The van der Waals surface area contributed by atoms with Crippen LogP contribution in [0.5, 0.6) is 0 Å². The number of aliphatic imine (C=N–C) groups is 1. The molecule has 0 radical (unpaired) electrons. The third kappa shape index (κ3) is 8.73. The number of Topliss-reactive ketones (excluding diaryl/α,β-unsaturated/α-hetero) is 1. The van der Waals surface area contributed by atoms with Gasteiger partial charge in [0.2, 0.25) is 0 Å². The quantitative estimate of drug-likeness (QED) is 0.209. The second kappa shape index (κ2) is 13.3. The molecule has 1 heterocycles. The highest BCUT2D eigenvalue weighted by Crippen LogP contribution is 2.22. The average molecular weight is 436 g/mol. The van der Waals surface area contributed by atoms with Gasteiger partial charge in [0.1, 0.15) is 11.5 Å². The van der Waals surface area contributed by atoms with E-state index in [2.05, 4.69) is 36.0 Å². The molecule has 0 aliphatic heterocycles. The maximum Gasteiger partial charge on any atom is 0.181 e. The number of aliphatic hydroxyl groups is 1. The van der Waals surface area contributed by atoms with Crippen molar-refractivity contribution in [2.45, 2.75) is 48.0 Å². The molecule has 0 fully saturated rings. The highest BCUT2D eigenvalue weighted by Gasteiger charge is 2.11. The number of carbonyl (C=O) groups is 1. The number of carbonyl (C=O) groups excluding carboxylic acids is 1. The van der Waals surface area contributed by atoms with Crippen molar-refractivity contribution in [1.29, 1.82) is 0 Å². The van der Waals surface area contributed by atoms with E-state index in [0.717, 1.165) is 22.3 Å². The summed E-state index contributed by atoms with van der Waals surface area (Å²) in [7, 11) is 0. The Labute approximate surface area is 190 Å². The van der Waals surface area contributed by atoms with Crippen molar-refractivity contribution in [3.05, 3.63) is 99.6 Å². The Morgan fingerprint density at radius 1 is 1.10 bits per heavy atom. The van der Waals surface area contributed by atoms with Crippen molar-refractivity contribution in [2.24, 2.45) is 4.99 Å². The summed E-state index contributed by atoms with van der Waals surface area (Å²) in [5, 5.41) is 11.8. The lowest BCUT2D eigenvalue weighted by atomic mass is 9.97. The molecule has 3 nitrogen and oxygen atoms in total. The van der Waals surface area contributed by atoms with Gasteiger partial charge in [-0.25, -0.2) is 4.99 Å². The van der Waals surface area contributed by atoms with Crippen LogP contribution in [0.25, 0.3) is 5.57 Å². The van der Waals surface area contributed by atoms with Gasteiger partial charge in [0.25, 0.3) is 0 Å². The number of ketones is 1. The molecule has 0 saturated carbocycles. The van der Waals surface area contributed by atoms with Gasteiger partial charge >= 0.3 is 0 Å². The van der Waals surface area contributed by atoms with Crippen molar-refractivity contribution in [2.75, 3.05) is 0 Å². The van der Waals surface area contributed by atoms with Crippen LogP contribution >= 0.6 is 11.3 Å². The van der Waals surface area contributed by atoms with Crippen molar-refractivity contribution in [3.8, 4) is 0 Å². The number of allylic oxidation sites excluding steroid dienone is 7. The largest absolute Gasteiger partial charge is 0.510 e. The van der Waals surface area contributed by atoms with Gasteiger partial charge in [-0.2, -0.15) is 0 Å². The molecule has 0 bridgehead atoms. The van der Waals surface area contributed by atoms with Gasteiger partial charge < -0.3 is 5.11 Å². The summed E-state index contributed by atoms with van der Waals surface area (Å²) in [4.78, 5) is 17.4. The van der Waals surface area contributed by atoms with Crippen molar-refractivity contribution >= 4 is 28.4 Å². The fourth-order valence-electron chi connectivity index (χ4n) is 2.81. The maximum absolute atomic E-state index is 11.6. The van der Waals surface area contributed by atoms with Crippen LogP contribution in [-0.4, -0.2) is 16.6 Å². The fourth-order valence-corrected chi connectivity index (χ4v) is 3.47. The van der Waals surface area contributed by atoms with Crippen molar-refractivity contribution in [1.82, 2.24) is 0 Å². The number of hydrogen-bond acceptors (Lipinski definition) is 4. The van der Waals surface area contributed by atoms with Crippen LogP contribution in [0.1, 0.15) is 52.0 Å². The van der Waals surface area contributed by atoms with Gasteiger partial charge in [-0.3, -0.25) is 4.79 Å². The molecular formula is C27H33NO2S. The molecule has 0 saturated heterocycles. The van der Waals surface area contributed by atoms with E-state index in [1.54, 1.807) is 0 Å². The Balaban J connectivity index is 0.000000577. The predicted octanol–water partition coefficient (Wildman–Crippen LogP) is 7.74. The topological polar surface area (TPSA) is 49.7 Å². The predicted molar refractivity (Wildman–Crippen MR) is 136 cm³/mol. The van der Waals surface area contributed by atoms with Crippen LogP contribution in [-0.2, 0) is 11.2 Å². The molecule has 1 aromatic heterocycles. The van der Waals surface area contributed by atoms with Crippen molar-refractivity contribution in [3.63, 3.8) is 0 Å². The minimum atomic E-state index is -0.273. The Kier molecular flexibility index (Phi) is 11.2. The monoisotopic (exact) mass is 435 g/mol. The normalized spacial score (nSPS) is 13.2. The number of rotatable bonds is 7. The van der Waals surface area contributed by atoms with E-state index in [4.69, 9.17) is 0 Å². The van der Waals surface area contributed by atoms with Gasteiger partial charge in [-0.05, 0) is 73.9 Å². The maximum atomic E-state index is 11.6. The fraction of sp³-hybridized carbons (Fsp3) is 0.259. The minimum absolute atomic E-state index is 0.0707. The van der Waals surface area contributed by atoms with E-state index in [9.17, 15) is 9.90 Å². The van der Waals surface area contributed by atoms with E-state index < -0.39 is 0 Å². The third-order valence-electron chi connectivity index (χ3n) is 4.45. The third-order valence-corrected chi connectivity index (χ3v) is 5.47. The first-order chi connectivity index (χ1) is 14.7. The van der Waals surface area contributed by atoms with Gasteiger partial charge in [-0.1, -0.05) is 56.0 Å². The van der Waals surface area contributed by atoms with E-state index in [1.165, 1.54) is 25.1 Å². The number of hydrogen-bond donors (Lipinski definition) is 1. The van der Waals surface area contributed by atoms with Crippen LogP contribution in [0.2, 0.25) is 0 Å². The first kappa shape index (κ1) is 26.1. The van der Waals surface area contributed by atoms with Gasteiger partial charge in [0.05, 0.1) is 0 Å². The second-order valence-electron chi connectivity index (χ2n) is 7.07. The van der Waals surface area contributed by atoms with Crippen LogP contribution in [0.15, 0.2) is 94.2 Å². The van der Waals surface area contributed by atoms with Gasteiger partial charge in [0, 0.05) is 17.5 Å². The number of thiophene rings is 1. The average Bonchev–Trinajstić information content (AvgIpc) is 3.27. The first-order valence-corrected chi connectivity index (χ1v) is 11.2. The second-order valence-corrected chi connectivity index (χ2v) is 8.10. The molecule has 0 aliphatic carbocycles. The molecule has 0 unspecified atom stereocenters. The molecule has 4 heteroatoms. The summed E-state index contributed by atoms with van der Waals surface area (Å²) in [5.41, 5.74) is 4.51. The zero-order valence-electron chi connectivity index (χ0n) is 19.4. The Hall–Kier alpha value is -2.98. The smallest absolute Gasteiger partial charge is 0.181 e. The lowest BCUT2D eigenvalue weighted by Gasteiger charge is -2.10. The number of benzene rings is 1. The number of nitrogens with zero attached hydrogens (tertiary/aromatic N) is 1. The van der Waals surface area contributed by atoms with Crippen LogP contribution in [0.3, 0.4) is 0 Å². The molecular weight excluding hydrogens is 402 g/mol. The highest BCUT2D eigenvalue weighted by atomic mass is 32.1. The Bertz CT molecular complexity index is 987. The molecule has 0 atom stereocenters. The molecule has 2 aromatic rings. The zero-order chi connectivity index (χ0) is 23.4. The molecule has 0 aliphatic rings. The summed E-state index contributed by atoms with van der Waals surface area (Å²) in [6, 6.07) is 14.3. The summed E-state index contributed by atoms with van der Waals surface area (Å²) < 4.78 is 0. The molecule has 31 heavy (non-hydrogen) atoms. The molecule has 1 N–H and O–H groups in total.